The van der Waals surface area contributed by atoms with Crippen LogP contribution in [0.4, 0.5) is 0 Å². The summed E-state index contributed by atoms with van der Waals surface area (Å²) in [5.74, 6) is 0. The molecule has 1 unspecified atom stereocenters. The first-order valence-electron chi connectivity index (χ1n) is 7.96. The molecule has 1 N–H and O–H groups in total. The van der Waals surface area contributed by atoms with E-state index in [0.29, 0.717) is 19.8 Å². The molecule has 1 aromatic heterocycles. The van der Waals surface area contributed by atoms with Crippen molar-refractivity contribution in [2.45, 2.75) is 24.5 Å². The molecule has 2 fully saturated rings. The Kier molecular flexibility index (Phi) is 5.47. The second-order valence-corrected chi connectivity index (χ2v) is 5.90. The van der Waals surface area contributed by atoms with Gasteiger partial charge < -0.3 is 18.9 Å². The lowest BCUT2D eigenvalue weighted by molar-refractivity contribution is -0.0642. The molecule has 9 heteroatoms. The van der Waals surface area contributed by atoms with Crippen LogP contribution in [0.3, 0.4) is 0 Å². The normalized spacial score (nSPS) is 31.4. The molecule has 4 atom stereocenters. The number of aromatic nitrogens is 2. The van der Waals surface area contributed by atoms with E-state index in [0.717, 1.165) is 13.1 Å². The van der Waals surface area contributed by atoms with Gasteiger partial charge in [-0.25, -0.2) is 4.79 Å². The first kappa shape index (κ1) is 17.3. The van der Waals surface area contributed by atoms with Gasteiger partial charge in [0.05, 0.1) is 13.2 Å². The smallest absolute Gasteiger partial charge is 0.330 e. The number of morpholine rings is 1. The van der Waals surface area contributed by atoms with Crippen molar-refractivity contribution >= 4 is 0 Å². The molecule has 0 aliphatic carbocycles. The van der Waals surface area contributed by atoms with Crippen molar-refractivity contribution in [3.63, 3.8) is 0 Å². The molecule has 2 saturated heterocycles. The summed E-state index contributed by atoms with van der Waals surface area (Å²) in [5, 5.41) is 0. The Labute approximate surface area is 139 Å². The van der Waals surface area contributed by atoms with Crippen LogP contribution in [-0.2, 0) is 18.9 Å². The van der Waals surface area contributed by atoms with Crippen LogP contribution in [-0.4, -0.2) is 79.8 Å². The number of rotatable bonds is 5. The molecule has 0 spiro atoms. The van der Waals surface area contributed by atoms with E-state index in [2.05, 4.69) is 9.88 Å². The molecular weight excluding hydrogens is 318 g/mol. The van der Waals surface area contributed by atoms with Crippen LogP contribution in [0.25, 0.3) is 0 Å². The lowest BCUT2D eigenvalue weighted by atomic mass is 10.1. The molecular formula is C15H23N3O6. The average molecular weight is 341 g/mol. The highest BCUT2D eigenvalue weighted by Gasteiger charge is 2.47. The maximum atomic E-state index is 12.1. The highest BCUT2D eigenvalue weighted by atomic mass is 16.6. The van der Waals surface area contributed by atoms with E-state index >= 15 is 0 Å². The van der Waals surface area contributed by atoms with Crippen LogP contribution in [0.2, 0.25) is 0 Å². The molecule has 2 aliphatic heterocycles. The number of methoxy groups -OCH3 is 2. The van der Waals surface area contributed by atoms with E-state index in [1.807, 2.05) is 0 Å². The SMILES string of the molecule is COC1[C@@H](CN2CCOCC2)O[C@@H](n2ccc(=O)[nH]c2=O)[C@H]1OC. The molecule has 134 valence electrons. The molecule has 0 saturated carbocycles. The number of hydrogen-bond acceptors (Lipinski definition) is 7. The van der Waals surface area contributed by atoms with Crippen LogP contribution in [0.5, 0.6) is 0 Å². The minimum atomic E-state index is -0.657. The summed E-state index contributed by atoms with van der Waals surface area (Å²) >= 11 is 0. The Balaban J connectivity index is 1.81. The molecule has 9 nitrogen and oxygen atoms in total. The van der Waals surface area contributed by atoms with Crippen molar-refractivity contribution in [3.8, 4) is 0 Å². The Morgan fingerprint density at radius 1 is 1.21 bits per heavy atom. The summed E-state index contributed by atoms with van der Waals surface area (Å²) in [4.78, 5) is 27.8. The third-order valence-electron chi connectivity index (χ3n) is 4.50. The van der Waals surface area contributed by atoms with Crippen molar-refractivity contribution in [2.75, 3.05) is 47.1 Å². The first-order valence-corrected chi connectivity index (χ1v) is 7.96. The second-order valence-electron chi connectivity index (χ2n) is 5.90. The number of nitrogens with zero attached hydrogens (tertiary/aromatic N) is 2. The summed E-state index contributed by atoms with van der Waals surface area (Å²) < 4.78 is 23.9. The van der Waals surface area contributed by atoms with Crippen LogP contribution in [0.15, 0.2) is 21.9 Å². The highest BCUT2D eigenvalue weighted by molar-refractivity contribution is 4.95. The van der Waals surface area contributed by atoms with E-state index in [-0.39, 0.29) is 12.2 Å². The molecule has 2 aliphatic rings. The van der Waals surface area contributed by atoms with Gasteiger partial charge in [0.25, 0.3) is 5.56 Å². The first-order chi connectivity index (χ1) is 11.6. The van der Waals surface area contributed by atoms with Gasteiger partial charge >= 0.3 is 5.69 Å². The van der Waals surface area contributed by atoms with E-state index in [9.17, 15) is 9.59 Å². The number of hydrogen-bond donors (Lipinski definition) is 1. The van der Waals surface area contributed by atoms with E-state index in [4.69, 9.17) is 18.9 Å². The van der Waals surface area contributed by atoms with Crippen LogP contribution in [0.1, 0.15) is 6.23 Å². The van der Waals surface area contributed by atoms with E-state index < -0.39 is 23.6 Å². The fourth-order valence-electron chi connectivity index (χ4n) is 3.28. The van der Waals surface area contributed by atoms with Gasteiger partial charge in [-0.05, 0) is 0 Å². The Hall–Kier alpha value is -1.52. The average Bonchev–Trinajstić information content (AvgIpc) is 2.92. The number of ether oxygens (including phenoxy) is 4. The second kappa shape index (κ2) is 7.58. The van der Waals surface area contributed by atoms with Gasteiger partial charge in [-0.15, -0.1) is 0 Å². The number of aromatic amines is 1. The zero-order valence-electron chi connectivity index (χ0n) is 13.8. The summed E-state index contributed by atoms with van der Waals surface area (Å²) in [5.41, 5.74) is -0.979. The third kappa shape index (κ3) is 3.45. The minimum absolute atomic E-state index is 0.248. The van der Waals surface area contributed by atoms with Gasteiger partial charge in [-0.1, -0.05) is 0 Å². The maximum absolute atomic E-state index is 12.1. The quantitative estimate of drug-likeness (QED) is 0.718. The van der Waals surface area contributed by atoms with Gasteiger partial charge in [0.2, 0.25) is 0 Å². The van der Waals surface area contributed by atoms with Gasteiger partial charge in [-0.2, -0.15) is 0 Å². The topological polar surface area (TPSA) is 95.0 Å². The Morgan fingerprint density at radius 3 is 2.54 bits per heavy atom. The predicted molar refractivity (Wildman–Crippen MR) is 84.1 cm³/mol. The molecule has 0 radical (unpaired) electrons. The van der Waals surface area contributed by atoms with Crippen molar-refractivity contribution in [2.24, 2.45) is 0 Å². The molecule has 0 bridgehead atoms. The summed E-state index contributed by atoms with van der Waals surface area (Å²) in [7, 11) is 3.16. The van der Waals surface area contributed by atoms with E-state index in [1.165, 1.54) is 16.8 Å². The predicted octanol–water partition coefficient (Wildman–Crippen LogP) is -1.20. The summed E-state index contributed by atoms with van der Waals surface area (Å²) in [6, 6.07) is 1.29. The van der Waals surface area contributed by atoms with Crippen molar-refractivity contribution < 1.29 is 18.9 Å². The molecule has 1 aromatic rings. The van der Waals surface area contributed by atoms with Crippen LogP contribution in [0, 0.1) is 0 Å². The summed E-state index contributed by atoms with van der Waals surface area (Å²) in [6.07, 6.45) is -0.259. The van der Waals surface area contributed by atoms with Crippen molar-refractivity contribution in [1.29, 1.82) is 0 Å². The van der Waals surface area contributed by atoms with Crippen molar-refractivity contribution in [1.82, 2.24) is 14.5 Å². The maximum Gasteiger partial charge on any atom is 0.330 e. The minimum Gasteiger partial charge on any atom is -0.379 e. The largest absolute Gasteiger partial charge is 0.379 e. The fourth-order valence-corrected chi connectivity index (χ4v) is 3.28. The lowest BCUT2D eigenvalue weighted by Gasteiger charge is -2.30. The molecule has 3 heterocycles. The molecule has 0 amide bonds. The van der Waals surface area contributed by atoms with E-state index in [1.54, 1.807) is 14.2 Å². The molecule has 24 heavy (non-hydrogen) atoms. The standard InChI is InChI=1S/C15H23N3O6/c1-21-12-10(9-17-5-7-23-8-6-17)24-14(13(12)22-2)18-4-3-11(19)16-15(18)20/h3-4,10,12-14H,5-9H2,1-2H3,(H,16,19,20)/t10-,12?,13+,14-/m1/s1. The zero-order chi connectivity index (χ0) is 17.1. The number of nitrogens with one attached hydrogen (secondary N) is 1. The monoisotopic (exact) mass is 341 g/mol. The summed E-state index contributed by atoms with van der Waals surface area (Å²) in [6.45, 7) is 3.71. The van der Waals surface area contributed by atoms with Crippen molar-refractivity contribution in [3.05, 3.63) is 33.1 Å². The fraction of sp³-hybridized carbons (Fsp3) is 0.733. The van der Waals surface area contributed by atoms with Gasteiger partial charge in [-0.3, -0.25) is 19.2 Å². The van der Waals surface area contributed by atoms with Crippen LogP contribution >= 0.6 is 0 Å². The Bertz CT molecular complexity index is 653. The van der Waals surface area contributed by atoms with Gasteiger partial charge in [0, 0.05) is 46.1 Å². The van der Waals surface area contributed by atoms with Gasteiger partial charge in [0.15, 0.2) is 6.23 Å². The molecule has 3 rings (SSSR count). The van der Waals surface area contributed by atoms with Gasteiger partial charge in [0.1, 0.15) is 18.3 Å². The zero-order valence-corrected chi connectivity index (χ0v) is 13.8. The third-order valence-corrected chi connectivity index (χ3v) is 4.50. The Morgan fingerprint density at radius 2 is 1.92 bits per heavy atom. The highest BCUT2D eigenvalue weighted by Crippen LogP contribution is 2.32. The molecule has 0 aromatic carbocycles. The number of H-pyrrole nitrogens is 1. The van der Waals surface area contributed by atoms with Crippen LogP contribution < -0.4 is 11.2 Å². The lowest BCUT2D eigenvalue weighted by Crippen LogP contribution is -2.45.